The van der Waals surface area contributed by atoms with Crippen LogP contribution in [0.4, 0.5) is 0 Å². The topological polar surface area (TPSA) is 37.4 Å². The predicted molar refractivity (Wildman–Crippen MR) is 127 cm³/mol. The first-order chi connectivity index (χ1) is 14.7. The molecule has 1 unspecified atom stereocenters. The normalized spacial score (nSPS) is 21.0. The first-order valence-electron chi connectivity index (χ1n) is 11.9. The highest BCUT2D eigenvalue weighted by atomic mass is 15.3. The summed E-state index contributed by atoms with van der Waals surface area (Å²) in [7, 11) is 0. The molecule has 1 aromatic carbocycles. The third-order valence-corrected chi connectivity index (χ3v) is 6.29. The summed E-state index contributed by atoms with van der Waals surface area (Å²) >= 11 is 0. The highest BCUT2D eigenvalue weighted by Crippen LogP contribution is 2.10. The maximum Gasteiger partial charge on any atom is 0.194 e. The molecule has 0 radical (unpaired) electrons. The molecular formula is C24H42N6. The van der Waals surface area contributed by atoms with Crippen molar-refractivity contribution in [3.63, 3.8) is 0 Å². The number of benzene rings is 1. The summed E-state index contributed by atoms with van der Waals surface area (Å²) in [5, 5.41) is 3.53. The largest absolute Gasteiger partial charge is 0.357 e. The van der Waals surface area contributed by atoms with Crippen molar-refractivity contribution >= 4 is 5.96 Å². The van der Waals surface area contributed by atoms with Gasteiger partial charge in [0.2, 0.25) is 0 Å². The predicted octanol–water partition coefficient (Wildman–Crippen LogP) is 2.04. The summed E-state index contributed by atoms with van der Waals surface area (Å²) in [6.45, 7) is 21.1. The van der Waals surface area contributed by atoms with Gasteiger partial charge in [0.25, 0.3) is 0 Å². The lowest BCUT2D eigenvalue weighted by Gasteiger charge is -2.37. The zero-order chi connectivity index (χ0) is 21.2. The van der Waals surface area contributed by atoms with Crippen molar-refractivity contribution in [3.8, 4) is 0 Å². The number of guanidine groups is 1. The molecule has 2 heterocycles. The average molecular weight is 415 g/mol. The van der Waals surface area contributed by atoms with E-state index in [4.69, 9.17) is 4.99 Å². The Balaban J connectivity index is 1.44. The van der Waals surface area contributed by atoms with Gasteiger partial charge in [-0.2, -0.15) is 0 Å². The maximum atomic E-state index is 5.02. The molecule has 2 saturated heterocycles. The summed E-state index contributed by atoms with van der Waals surface area (Å²) in [4.78, 5) is 15.2. The summed E-state index contributed by atoms with van der Waals surface area (Å²) < 4.78 is 0. The molecule has 6 nitrogen and oxygen atoms in total. The van der Waals surface area contributed by atoms with Crippen molar-refractivity contribution in [2.45, 2.75) is 27.3 Å². The molecule has 0 aromatic heterocycles. The van der Waals surface area contributed by atoms with Crippen molar-refractivity contribution in [3.05, 3.63) is 35.9 Å². The van der Waals surface area contributed by atoms with Gasteiger partial charge in [0, 0.05) is 78.5 Å². The van der Waals surface area contributed by atoms with Gasteiger partial charge in [0.15, 0.2) is 5.96 Å². The van der Waals surface area contributed by atoms with Gasteiger partial charge in [0.1, 0.15) is 0 Å². The lowest BCUT2D eigenvalue weighted by atomic mass is 10.1. The summed E-state index contributed by atoms with van der Waals surface area (Å²) in [6, 6.07) is 10.8. The maximum absolute atomic E-state index is 5.02. The minimum atomic E-state index is 0.589. The zero-order valence-electron chi connectivity index (χ0n) is 19.4. The Kier molecular flexibility index (Phi) is 9.43. The molecule has 168 valence electrons. The highest BCUT2D eigenvalue weighted by molar-refractivity contribution is 5.80. The minimum Gasteiger partial charge on any atom is -0.357 e. The van der Waals surface area contributed by atoms with Crippen LogP contribution in [0.1, 0.15) is 26.3 Å². The fourth-order valence-electron chi connectivity index (χ4n) is 4.41. The van der Waals surface area contributed by atoms with Crippen molar-refractivity contribution in [1.82, 2.24) is 24.9 Å². The van der Waals surface area contributed by atoms with Gasteiger partial charge in [-0.25, -0.2) is 0 Å². The fourth-order valence-corrected chi connectivity index (χ4v) is 4.41. The van der Waals surface area contributed by atoms with E-state index in [1.54, 1.807) is 0 Å². The smallest absolute Gasteiger partial charge is 0.194 e. The molecule has 0 amide bonds. The van der Waals surface area contributed by atoms with Crippen molar-refractivity contribution in [1.29, 1.82) is 0 Å². The molecule has 30 heavy (non-hydrogen) atoms. The number of hydrogen-bond donors (Lipinski definition) is 1. The number of hydrogen-bond acceptors (Lipinski definition) is 4. The molecule has 0 saturated carbocycles. The van der Waals surface area contributed by atoms with Crippen LogP contribution in [-0.2, 0) is 6.54 Å². The third kappa shape index (κ3) is 7.25. The Morgan fingerprint density at radius 3 is 2.17 bits per heavy atom. The van der Waals surface area contributed by atoms with Gasteiger partial charge in [-0.3, -0.25) is 9.89 Å². The van der Waals surface area contributed by atoms with Crippen LogP contribution in [0.5, 0.6) is 0 Å². The van der Waals surface area contributed by atoms with E-state index < -0.39 is 0 Å². The molecule has 0 bridgehead atoms. The van der Waals surface area contributed by atoms with Crippen molar-refractivity contribution in [2.24, 2.45) is 10.9 Å². The molecule has 0 spiro atoms. The second-order valence-corrected chi connectivity index (χ2v) is 8.78. The summed E-state index contributed by atoms with van der Waals surface area (Å²) in [5.41, 5.74) is 1.40. The minimum absolute atomic E-state index is 0.589. The van der Waals surface area contributed by atoms with Gasteiger partial charge in [0.05, 0.1) is 0 Å². The van der Waals surface area contributed by atoms with Gasteiger partial charge in [-0.05, 0) is 24.9 Å². The standard InChI is InChI=1S/C24H42N6/c1-4-25-24(26-19-22(3)20-28-13-11-27(5-2)12-14-28)30-17-15-29(16-18-30)21-23-9-7-6-8-10-23/h6-10,22H,4-5,11-21H2,1-3H3,(H,25,26). The van der Waals surface area contributed by atoms with Gasteiger partial charge in [-0.1, -0.05) is 44.2 Å². The summed E-state index contributed by atoms with van der Waals surface area (Å²) in [5.74, 6) is 1.69. The molecule has 0 aliphatic carbocycles. The SMILES string of the molecule is CCNC(=NCC(C)CN1CCN(CC)CC1)N1CCN(Cc2ccccc2)CC1. The Morgan fingerprint density at radius 1 is 0.900 bits per heavy atom. The highest BCUT2D eigenvalue weighted by Gasteiger charge is 2.21. The van der Waals surface area contributed by atoms with Crippen molar-refractivity contribution in [2.75, 3.05) is 78.5 Å². The van der Waals surface area contributed by atoms with Gasteiger partial charge in [-0.15, -0.1) is 0 Å². The van der Waals surface area contributed by atoms with Crippen LogP contribution in [0.2, 0.25) is 0 Å². The zero-order valence-corrected chi connectivity index (χ0v) is 19.4. The van der Waals surface area contributed by atoms with Gasteiger partial charge < -0.3 is 20.0 Å². The third-order valence-electron chi connectivity index (χ3n) is 6.29. The molecule has 6 heteroatoms. The lowest BCUT2D eigenvalue weighted by molar-refractivity contribution is 0.125. The van der Waals surface area contributed by atoms with Crippen LogP contribution in [-0.4, -0.2) is 104 Å². The molecule has 1 aromatic rings. The second kappa shape index (κ2) is 12.3. The van der Waals surface area contributed by atoms with E-state index in [-0.39, 0.29) is 0 Å². The number of nitrogens with one attached hydrogen (secondary N) is 1. The first kappa shape index (κ1) is 23.0. The monoisotopic (exact) mass is 414 g/mol. The Morgan fingerprint density at radius 2 is 1.53 bits per heavy atom. The van der Waals surface area contributed by atoms with Crippen molar-refractivity contribution < 1.29 is 0 Å². The lowest BCUT2D eigenvalue weighted by Crippen LogP contribution is -2.52. The van der Waals surface area contributed by atoms with Crippen LogP contribution >= 0.6 is 0 Å². The van der Waals surface area contributed by atoms with Crippen LogP contribution in [0.25, 0.3) is 0 Å². The molecule has 2 aliphatic heterocycles. The fraction of sp³-hybridized carbons (Fsp3) is 0.708. The number of piperazine rings is 2. The van der Waals surface area contributed by atoms with Crippen LogP contribution < -0.4 is 5.32 Å². The number of likely N-dealkylation sites (N-methyl/N-ethyl adjacent to an activating group) is 1. The molecular weight excluding hydrogens is 372 g/mol. The molecule has 1 N–H and O–H groups in total. The quantitative estimate of drug-likeness (QED) is 0.521. The van der Waals surface area contributed by atoms with Gasteiger partial charge >= 0.3 is 0 Å². The Bertz CT molecular complexity index is 618. The van der Waals surface area contributed by atoms with E-state index in [9.17, 15) is 0 Å². The number of aliphatic imine (C=N–C) groups is 1. The van der Waals surface area contributed by atoms with Crippen LogP contribution in [0, 0.1) is 5.92 Å². The van der Waals surface area contributed by atoms with Crippen LogP contribution in [0.15, 0.2) is 35.3 Å². The number of rotatable bonds is 8. The molecule has 2 fully saturated rings. The van der Waals surface area contributed by atoms with E-state index in [0.717, 1.165) is 58.3 Å². The van der Waals surface area contributed by atoms with E-state index in [1.807, 2.05) is 0 Å². The first-order valence-corrected chi connectivity index (χ1v) is 11.9. The molecule has 2 aliphatic rings. The van der Waals surface area contributed by atoms with E-state index in [0.29, 0.717) is 5.92 Å². The van der Waals surface area contributed by atoms with Crippen LogP contribution in [0.3, 0.4) is 0 Å². The Labute approximate surface area is 183 Å². The van der Waals surface area contributed by atoms with E-state index in [1.165, 1.54) is 38.3 Å². The number of nitrogens with zero attached hydrogens (tertiary/aromatic N) is 5. The average Bonchev–Trinajstić information content (AvgIpc) is 2.78. The molecule has 3 rings (SSSR count). The Hall–Kier alpha value is -1.63. The van der Waals surface area contributed by atoms with E-state index >= 15 is 0 Å². The summed E-state index contributed by atoms with van der Waals surface area (Å²) in [6.07, 6.45) is 0. The second-order valence-electron chi connectivity index (χ2n) is 8.78. The molecule has 1 atom stereocenters. The van der Waals surface area contributed by atoms with E-state index in [2.05, 4.69) is 76.0 Å².